The Kier molecular flexibility index (Phi) is 3.69. The minimum atomic E-state index is -0.652. The lowest BCUT2D eigenvalue weighted by molar-refractivity contribution is -0.384. The highest BCUT2D eigenvalue weighted by molar-refractivity contribution is 5.94. The number of nitro groups is 1. The zero-order valence-electron chi connectivity index (χ0n) is 10.8. The molecule has 0 aliphatic carbocycles. The van der Waals surface area contributed by atoms with E-state index in [-0.39, 0.29) is 17.3 Å². The van der Waals surface area contributed by atoms with Gasteiger partial charge in [-0.3, -0.25) is 14.9 Å². The molecule has 1 heterocycles. The van der Waals surface area contributed by atoms with Crippen molar-refractivity contribution in [1.29, 1.82) is 0 Å². The average molecular weight is 263 g/mol. The van der Waals surface area contributed by atoms with E-state index in [9.17, 15) is 14.9 Å². The summed E-state index contributed by atoms with van der Waals surface area (Å²) >= 11 is 0. The second-order valence-electron chi connectivity index (χ2n) is 4.86. The summed E-state index contributed by atoms with van der Waals surface area (Å²) in [5.41, 5.74) is 5.85. The molecule has 1 aromatic rings. The number of hydrogen-bond acceptors (Lipinski definition) is 4. The number of primary amides is 1. The van der Waals surface area contributed by atoms with Crippen LogP contribution in [0.1, 0.15) is 36.5 Å². The van der Waals surface area contributed by atoms with Gasteiger partial charge in [-0.2, -0.15) is 0 Å². The van der Waals surface area contributed by atoms with E-state index in [1.54, 1.807) is 12.1 Å². The molecular weight excluding hydrogens is 246 g/mol. The molecule has 1 aliphatic rings. The third-order valence-corrected chi connectivity index (χ3v) is 3.57. The first-order chi connectivity index (χ1) is 9.00. The van der Waals surface area contributed by atoms with Gasteiger partial charge in [0, 0.05) is 24.2 Å². The maximum absolute atomic E-state index is 11.2. The van der Waals surface area contributed by atoms with Gasteiger partial charge in [0.2, 0.25) is 5.91 Å². The van der Waals surface area contributed by atoms with Crippen LogP contribution < -0.4 is 10.6 Å². The fourth-order valence-corrected chi connectivity index (χ4v) is 2.52. The van der Waals surface area contributed by atoms with Crippen LogP contribution in [0.15, 0.2) is 18.2 Å². The largest absolute Gasteiger partial charge is 0.366 e. The summed E-state index contributed by atoms with van der Waals surface area (Å²) in [6.07, 6.45) is 3.19. The summed E-state index contributed by atoms with van der Waals surface area (Å²) in [5.74, 6) is -0.652. The fraction of sp³-hybridized carbons (Fsp3) is 0.462. The molecular formula is C13H17N3O3. The molecule has 0 aromatic heterocycles. The Hall–Kier alpha value is -2.11. The standard InChI is InChI=1S/C13H17N3O3/c1-9-4-2-3-7-15(9)11-6-5-10(13(14)17)8-12(11)16(18)19/h5-6,8-9H,2-4,7H2,1H3,(H2,14,17)/t9-/m1/s1. The van der Waals surface area contributed by atoms with Crippen molar-refractivity contribution < 1.29 is 9.72 Å². The lowest BCUT2D eigenvalue weighted by atomic mass is 10.0. The van der Waals surface area contributed by atoms with Crippen LogP contribution in [0.5, 0.6) is 0 Å². The van der Waals surface area contributed by atoms with Gasteiger partial charge in [0.05, 0.1) is 4.92 Å². The number of nitrogens with zero attached hydrogens (tertiary/aromatic N) is 2. The Morgan fingerprint density at radius 3 is 2.79 bits per heavy atom. The number of carbonyl (C=O) groups excluding carboxylic acids is 1. The van der Waals surface area contributed by atoms with Crippen molar-refractivity contribution in [2.45, 2.75) is 32.2 Å². The van der Waals surface area contributed by atoms with Gasteiger partial charge in [-0.25, -0.2) is 0 Å². The first-order valence-corrected chi connectivity index (χ1v) is 6.35. The molecule has 6 heteroatoms. The topological polar surface area (TPSA) is 89.5 Å². The minimum Gasteiger partial charge on any atom is -0.366 e. The van der Waals surface area contributed by atoms with Crippen molar-refractivity contribution >= 4 is 17.3 Å². The molecule has 0 radical (unpaired) electrons. The van der Waals surface area contributed by atoms with Gasteiger partial charge in [-0.15, -0.1) is 0 Å². The molecule has 0 unspecified atom stereocenters. The molecule has 2 rings (SSSR count). The van der Waals surface area contributed by atoms with E-state index in [0.29, 0.717) is 5.69 Å². The molecule has 0 saturated carbocycles. The molecule has 1 aromatic carbocycles. The van der Waals surface area contributed by atoms with Crippen LogP contribution in [0, 0.1) is 10.1 Å². The molecule has 1 fully saturated rings. The highest BCUT2D eigenvalue weighted by Gasteiger charge is 2.26. The maximum Gasteiger partial charge on any atom is 0.293 e. The van der Waals surface area contributed by atoms with Crippen LogP contribution in [-0.2, 0) is 0 Å². The number of anilines is 1. The van der Waals surface area contributed by atoms with Gasteiger partial charge >= 0.3 is 0 Å². The molecule has 1 amide bonds. The Bertz CT molecular complexity index is 516. The van der Waals surface area contributed by atoms with E-state index in [2.05, 4.69) is 6.92 Å². The number of nitro benzene ring substituents is 1. The number of carbonyl (C=O) groups is 1. The molecule has 1 atom stereocenters. The van der Waals surface area contributed by atoms with Crippen LogP contribution in [0.25, 0.3) is 0 Å². The smallest absolute Gasteiger partial charge is 0.293 e. The molecule has 1 saturated heterocycles. The predicted molar refractivity (Wildman–Crippen MR) is 72.3 cm³/mol. The summed E-state index contributed by atoms with van der Waals surface area (Å²) in [6.45, 7) is 2.86. The first kappa shape index (κ1) is 13.3. The van der Waals surface area contributed by atoms with Gasteiger partial charge in [-0.05, 0) is 38.3 Å². The second-order valence-corrected chi connectivity index (χ2v) is 4.86. The van der Waals surface area contributed by atoms with Crippen molar-refractivity contribution in [3.8, 4) is 0 Å². The van der Waals surface area contributed by atoms with Crippen molar-refractivity contribution in [2.24, 2.45) is 5.73 Å². The number of hydrogen-bond donors (Lipinski definition) is 1. The Morgan fingerprint density at radius 2 is 2.21 bits per heavy atom. The normalized spacial score (nSPS) is 19.2. The lowest BCUT2D eigenvalue weighted by Gasteiger charge is -2.35. The Labute approximate surface area is 111 Å². The van der Waals surface area contributed by atoms with Crippen molar-refractivity contribution in [2.75, 3.05) is 11.4 Å². The highest BCUT2D eigenvalue weighted by Crippen LogP contribution is 2.33. The van der Waals surface area contributed by atoms with E-state index in [1.807, 2.05) is 4.90 Å². The zero-order valence-corrected chi connectivity index (χ0v) is 10.8. The SMILES string of the molecule is C[C@@H]1CCCCN1c1ccc(C(N)=O)cc1[N+](=O)[O-]. The van der Waals surface area contributed by atoms with Crippen molar-refractivity contribution in [1.82, 2.24) is 0 Å². The van der Waals surface area contributed by atoms with E-state index in [4.69, 9.17) is 5.73 Å². The Morgan fingerprint density at radius 1 is 1.47 bits per heavy atom. The number of rotatable bonds is 3. The summed E-state index contributed by atoms with van der Waals surface area (Å²) in [4.78, 5) is 23.9. The molecule has 1 aliphatic heterocycles. The second kappa shape index (κ2) is 5.26. The minimum absolute atomic E-state index is 0.0509. The molecule has 102 valence electrons. The van der Waals surface area contributed by atoms with Crippen molar-refractivity contribution in [3.05, 3.63) is 33.9 Å². The number of piperidine rings is 1. The monoisotopic (exact) mass is 263 g/mol. The summed E-state index contributed by atoms with van der Waals surface area (Å²) in [5, 5.41) is 11.2. The third kappa shape index (κ3) is 2.67. The summed E-state index contributed by atoms with van der Waals surface area (Å²) in [6, 6.07) is 4.71. The number of benzene rings is 1. The average Bonchev–Trinajstić information content (AvgIpc) is 2.38. The van der Waals surface area contributed by atoms with Gasteiger partial charge in [0.15, 0.2) is 0 Å². The molecule has 6 nitrogen and oxygen atoms in total. The van der Waals surface area contributed by atoms with Crippen molar-refractivity contribution in [3.63, 3.8) is 0 Å². The van der Waals surface area contributed by atoms with E-state index in [1.165, 1.54) is 6.07 Å². The maximum atomic E-state index is 11.2. The quantitative estimate of drug-likeness (QED) is 0.667. The van der Waals surface area contributed by atoms with E-state index < -0.39 is 10.8 Å². The fourth-order valence-electron chi connectivity index (χ4n) is 2.52. The van der Waals surface area contributed by atoms with Crippen LogP contribution in [-0.4, -0.2) is 23.4 Å². The molecule has 0 bridgehead atoms. The zero-order chi connectivity index (χ0) is 14.0. The van der Waals surface area contributed by atoms with Crippen LogP contribution in [0.3, 0.4) is 0 Å². The Balaban J connectivity index is 2.44. The number of amides is 1. The van der Waals surface area contributed by atoms with E-state index >= 15 is 0 Å². The van der Waals surface area contributed by atoms with E-state index in [0.717, 1.165) is 25.8 Å². The number of nitrogens with two attached hydrogens (primary N) is 1. The lowest BCUT2D eigenvalue weighted by Crippen LogP contribution is -2.37. The van der Waals surface area contributed by atoms with Gasteiger partial charge in [0.1, 0.15) is 5.69 Å². The highest BCUT2D eigenvalue weighted by atomic mass is 16.6. The summed E-state index contributed by atoms with van der Waals surface area (Å²) < 4.78 is 0. The third-order valence-electron chi connectivity index (χ3n) is 3.57. The van der Waals surface area contributed by atoms with Gasteiger partial charge < -0.3 is 10.6 Å². The van der Waals surface area contributed by atoms with Crippen LogP contribution >= 0.6 is 0 Å². The van der Waals surface area contributed by atoms with Crippen LogP contribution in [0.4, 0.5) is 11.4 Å². The predicted octanol–water partition coefficient (Wildman–Crippen LogP) is 2.07. The van der Waals surface area contributed by atoms with Crippen LogP contribution in [0.2, 0.25) is 0 Å². The summed E-state index contributed by atoms with van der Waals surface area (Å²) in [7, 11) is 0. The van der Waals surface area contributed by atoms with Gasteiger partial charge in [-0.1, -0.05) is 0 Å². The molecule has 2 N–H and O–H groups in total. The molecule has 0 spiro atoms. The first-order valence-electron chi connectivity index (χ1n) is 6.35. The van der Waals surface area contributed by atoms with Gasteiger partial charge in [0.25, 0.3) is 5.69 Å². The molecule has 19 heavy (non-hydrogen) atoms.